The van der Waals surface area contributed by atoms with E-state index in [0.717, 1.165) is 0 Å². The molecule has 11 heteroatoms. The molecule has 0 radical (unpaired) electrons. The molecular formula is C20H36N4O7. The molecule has 3 N–H and O–H groups in total. The number of hydrogen-bond donors (Lipinski definition) is 3. The highest BCUT2D eigenvalue weighted by atomic mass is 16.4. The number of nitrogens with zero attached hydrogens (tertiary/aromatic N) is 4. The van der Waals surface area contributed by atoms with Crippen molar-refractivity contribution in [3.05, 3.63) is 0 Å². The zero-order valence-corrected chi connectivity index (χ0v) is 18.7. The molecule has 0 aliphatic carbocycles. The molecule has 0 amide bonds. The molecule has 0 aromatic carbocycles. The Bertz CT molecular complexity index is 604. The molecule has 11 nitrogen and oxygen atoms in total. The van der Waals surface area contributed by atoms with Crippen molar-refractivity contribution in [1.29, 1.82) is 0 Å². The van der Waals surface area contributed by atoms with E-state index in [1.807, 2.05) is 25.7 Å². The van der Waals surface area contributed by atoms with E-state index in [2.05, 4.69) is 0 Å². The Hall–Kier alpha value is -2.08. The number of carbonyl (C=O) groups is 4. The zero-order chi connectivity index (χ0) is 23.6. The molecule has 0 saturated carbocycles. The second kappa shape index (κ2) is 12.7. The third-order valence-electron chi connectivity index (χ3n) is 5.21. The summed E-state index contributed by atoms with van der Waals surface area (Å²) in [5, 5.41) is 27.6. The summed E-state index contributed by atoms with van der Waals surface area (Å²) in [5.41, 5.74) is -0.511. The van der Waals surface area contributed by atoms with E-state index in [1.54, 1.807) is 14.7 Å². The van der Waals surface area contributed by atoms with E-state index in [0.29, 0.717) is 52.4 Å². The van der Waals surface area contributed by atoms with Crippen LogP contribution in [0.1, 0.15) is 20.8 Å². The first kappa shape index (κ1) is 27.0. The van der Waals surface area contributed by atoms with Gasteiger partial charge in [-0.2, -0.15) is 0 Å². The summed E-state index contributed by atoms with van der Waals surface area (Å²) >= 11 is 0. The normalized spacial score (nSPS) is 19.3. The number of aliphatic carboxylic acids is 3. The van der Waals surface area contributed by atoms with Crippen LogP contribution >= 0.6 is 0 Å². The van der Waals surface area contributed by atoms with Gasteiger partial charge in [-0.15, -0.1) is 0 Å². The minimum absolute atomic E-state index is 0.0572. The topological polar surface area (TPSA) is 142 Å². The molecule has 31 heavy (non-hydrogen) atoms. The van der Waals surface area contributed by atoms with Crippen molar-refractivity contribution in [3.8, 4) is 0 Å². The average Bonchev–Trinajstić information content (AvgIpc) is 2.61. The van der Waals surface area contributed by atoms with E-state index >= 15 is 0 Å². The summed E-state index contributed by atoms with van der Waals surface area (Å²) in [5.74, 6) is -2.88. The number of Topliss-reactive ketones (excluding diaryl/α,β-unsaturated/α-hetero) is 1. The van der Waals surface area contributed by atoms with E-state index in [1.165, 1.54) is 0 Å². The van der Waals surface area contributed by atoms with Gasteiger partial charge in [0.15, 0.2) is 5.78 Å². The summed E-state index contributed by atoms with van der Waals surface area (Å²) in [4.78, 5) is 53.4. The van der Waals surface area contributed by atoms with Crippen LogP contribution in [0, 0.1) is 5.41 Å². The number of carbonyl (C=O) groups excluding carboxylic acids is 1. The van der Waals surface area contributed by atoms with Crippen LogP contribution in [0.25, 0.3) is 0 Å². The minimum Gasteiger partial charge on any atom is -0.480 e. The fourth-order valence-corrected chi connectivity index (χ4v) is 3.23. The van der Waals surface area contributed by atoms with Crippen LogP contribution < -0.4 is 0 Å². The van der Waals surface area contributed by atoms with Gasteiger partial charge in [0.25, 0.3) is 0 Å². The van der Waals surface area contributed by atoms with E-state index in [4.69, 9.17) is 5.11 Å². The Kier molecular flexibility index (Phi) is 11.0. The molecule has 1 heterocycles. The van der Waals surface area contributed by atoms with Crippen LogP contribution in [0.15, 0.2) is 0 Å². The lowest BCUT2D eigenvalue weighted by molar-refractivity contribution is -0.140. The van der Waals surface area contributed by atoms with Gasteiger partial charge in [0.2, 0.25) is 0 Å². The third-order valence-corrected chi connectivity index (χ3v) is 5.21. The van der Waals surface area contributed by atoms with Gasteiger partial charge < -0.3 is 15.3 Å². The predicted octanol–water partition coefficient (Wildman–Crippen LogP) is -0.923. The average molecular weight is 445 g/mol. The minimum atomic E-state index is -0.992. The zero-order valence-electron chi connectivity index (χ0n) is 18.7. The first-order valence-electron chi connectivity index (χ1n) is 10.4. The smallest absolute Gasteiger partial charge is 0.317 e. The molecule has 1 rings (SSSR count). The molecule has 178 valence electrons. The Balaban J connectivity index is 2.99. The van der Waals surface area contributed by atoms with Crippen molar-refractivity contribution >= 4 is 23.7 Å². The second-order valence-corrected chi connectivity index (χ2v) is 8.96. The van der Waals surface area contributed by atoms with Gasteiger partial charge in [0.05, 0.1) is 26.2 Å². The molecule has 1 aliphatic heterocycles. The van der Waals surface area contributed by atoms with Crippen LogP contribution in [-0.4, -0.2) is 137 Å². The Morgan fingerprint density at radius 2 is 0.774 bits per heavy atom. The van der Waals surface area contributed by atoms with Gasteiger partial charge in [-0.1, -0.05) is 20.8 Å². The Morgan fingerprint density at radius 3 is 0.968 bits per heavy atom. The van der Waals surface area contributed by atoms with Gasteiger partial charge in [0, 0.05) is 57.8 Å². The standard InChI is InChI=1S/C20H36N4O7/c1-20(2,3)16(25)12-21-4-6-22(13-17(26)27)8-10-24(15-19(30)31)11-9-23(7-5-21)14-18(28)29/h4-15H2,1-3H3,(H,26,27)(H,28,29)(H,30,31). The molecule has 0 bridgehead atoms. The van der Waals surface area contributed by atoms with Gasteiger partial charge in [-0.25, -0.2) is 0 Å². The molecule has 0 atom stereocenters. The van der Waals surface area contributed by atoms with Gasteiger partial charge >= 0.3 is 17.9 Å². The fraction of sp³-hybridized carbons (Fsp3) is 0.800. The Labute approximate surface area is 183 Å². The maximum Gasteiger partial charge on any atom is 0.317 e. The van der Waals surface area contributed by atoms with Crippen LogP contribution in [0.2, 0.25) is 0 Å². The van der Waals surface area contributed by atoms with Crippen molar-refractivity contribution in [2.45, 2.75) is 20.8 Å². The van der Waals surface area contributed by atoms with Crippen molar-refractivity contribution < 1.29 is 34.5 Å². The molecular weight excluding hydrogens is 408 g/mol. The van der Waals surface area contributed by atoms with E-state index in [9.17, 15) is 29.4 Å². The first-order valence-corrected chi connectivity index (χ1v) is 10.4. The van der Waals surface area contributed by atoms with Crippen LogP contribution in [0.3, 0.4) is 0 Å². The largest absolute Gasteiger partial charge is 0.480 e. The number of rotatable bonds is 8. The number of carboxylic acid groups (broad SMARTS) is 3. The van der Waals surface area contributed by atoms with Crippen LogP contribution in [-0.2, 0) is 19.2 Å². The maximum absolute atomic E-state index is 12.6. The van der Waals surface area contributed by atoms with Gasteiger partial charge in [0.1, 0.15) is 0 Å². The highest BCUT2D eigenvalue weighted by Crippen LogP contribution is 2.15. The summed E-state index contributed by atoms with van der Waals surface area (Å²) in [6, 6.07) is 0. The molecule has 1 fully saturated rings. The summed E-state index contributed by atoms with van der Waals surface area (Å²) in [7, 11) is 0. The van der Waals surface area contributed by atoms with Gasteiger partial charge in [-0.05, 0) is 0 Å². The van der Waals surface area contributed by atoms with E-state index in [-0.39, 0.29) is 32.0 Å². The second-order valence-electron chi connectivity index (χ2n) is 8.96. The Morgan fingerprint density at radius 1 is 0.548 bits per heavy atom. The molecule has 1 aliphatic rings. The number of ketones is 1. The highest BCUT2D eigenvalue weighted by Gasteiger charge is 2.25. The van der Waals surface area contributed by atoms with Crippen molar-refractivity contribution in [2.24, 2.45) is 5.41 Å². The van der Waals surface area contributed by atoms with Crippen molar-refractivity contribution in [1.82, 2.24) is 19.6 Å². The van der Waals surface area contributed by atoms with Gasteiger partial charge in [-0.3, -0.25) is 38.8 Å². The number of hydrogen-bond acceptors (Lipinski definition) is 8. The first-order chi connectivity index (χ1) is 14.4. The van der Waals surface area contributed by atoms with Crippen LogP contribution in [0.4, 0.5) is 0 Å². The molecule has 0 aromatic rings. The lowest BCUT2D eigenvalue weighted by Crippen LogP contribution is -2.49. The van der Waals surface area contributed by atoms with E-state index < -0.39 is 23.3 Å². The SMILES string of the molecule is CC(C)(C)C(=O)CN1CCN(CC(=O)O)CCN(CC(=O)O)CCN(CC(=O)O)CC1. The summed E-state index contributed by atoms with van der Waals surface area (Å²) in [6.45, 7) is 8.33. The monoisotopic (exact) mass is 444 g/mol. The summed E-state index contributed by atoms with van der Waals surface area (Å²) in [6.07, 6.45) is 0. The summed E-state index contributed by atoms with van der Waals surface area (Å²) < 4.78 is 0. The lowest BCUT2D eigenvalue weighted by atomic mass is 9.90. The predicted molar refractivity (Wildman–Crippen MR) is 113 cm³/mol. The molecule has 1 saturated heterocycles. The fourth-order valence-electron chi connectivity index (χ4n) is 3.23. The molecule has 0 spiro atoms. The quantitative estimate of drug-likeness (QED) is 0.428. The van der Waals surface area contributed by atoms with Crippen molar-refractivity contribution in [2.75, 3.05) is 78.5 Å². The highest BCUT2D eigenvalue weighted by molar-refractivity contribution is 5.85. The molecule has 0 unspecified atom stereocenters. The number of carboxylic acids is 3. The van der Waals surface area contributed by atoms with Crippen LogP contribution in [0.5, 0.6) is 0 Å². The maximum atomic E-state index is 12.6. The molecule has 0 aromatic heterocycles. The lowest BCUT2D eigenvalue weighted by Gasteiger charge is -2.33. The third kappa shape index (κ3) is 11.8. The van der Waals surface area contributed by atoms with Crippen molar-refractivity contribution in [3.63, 3.8) is 0 Å².